The summed E-state index contributed by atoms with van der Waals surface area (Å²) < 4.78 is 45.2. The zero-order valence-electron chi connectivity index (χ0n) is 21.3. The summed E-state index contributed by atoms with van der Waals surface area (Å²) >= 11 is 0. The second-order valence-electron chi connectivity index (χ2n) is 9.37. The number of aryl methyl sites for hydroxylation is 1. The lowest BCUT2D eigenvalue weighted by atomic mass is 10.1. The van der Waals surface area contributed by atoms with Crippen molar-refractivity contribution in [1.29, 1.82) is 0 Å². The predicted octanol–water partition coefficient (Wildman–Crippen LogP) is 9.55. The number of hydrogen-bond acceptors (Lipinski definition) is 4. The van der Waals surface area contributed by atoms with E-state index in [-0.39, 0.29) is 0 Å². The minimum atomic E-state index is -4.37. The molecule has 0 atom stereocenters. The Bertz CT molecular complexity index is 1780. The Kier molecular flexibility index (Phi) is 5.99. The van der Waals surface area contributed by atoms with Gasteiger partial charge in [-0.1, -0.05) is 24.3 Å². The minimum Gasteiger partial charge on any atom is -0.456 e. The van der Waals surface area contributed by atoms with E-state index >= 15 is 0 Å². The third-order valence-corrected chi connectivity index (χ3v) is 6.79. The molecular formula is C32H24F3N3O. The largest absolute Gasteiger partial charge is 0.456 e. The van der Waals surface area contributed by atoms with Crippen LogP contribution in [-0.2, 0) is 6.18 Å². The summed E-state index contributed by atoms with van der Waals surface area (Å²) in [5.41, 5.74) is 5.00. The Morgan fingerprint density at radius 2 is 1.26 bits per heavy atom. The molecule has 39 heavy (non-hydrogen) atoms. The van der Waals surface area contributed by atoms with E-state index in [1.165, 1.54) is 12.1 Å². The van der Waals surface area contributed by atoms with E-state index < -0.39 is 11.7 Å². The van der Waals surface area contributed by atoms with Crippen molar-refractivity contribution < 1.29 is 17.6 Å². The Balaban J connectivity index is 1.39. The molecule has 2 aromatic heterocycles. The Morgan fingerprint density at radius 1 is 0.641 bits per heavy atom. The van der Waals surface area contributed by atoms with Gasteiger partial charge >= 0.3 is 6.18 Å². The van der Waals surface area contributed by atoms with Gasteiger partial charge in [0.15, 0.2) is 0 Å². The summed E-state index contributed by atoms with van der Waals surface area (Å²) in [6.45, 7) is 1.97. The lowest BCUT2D eigenvalue weighted by Crippen LogP contribution is -2.11. The number of aromatic nitrogens is 1. The lowest BCUT2D eigenvalue weighted by molar-refractivity contribution is -0.137. The summed E-state index contributed by atoms with van der Waals surface area (Å²) in [6, 6.07) is 33.0. The van der Waals surface area contributed by atoms with Crippen molar-refractivity contribution in [2.45, 2.75) is 13.1 Å². The lowest BCUT2D eigenvalue weighted by Gasteiger charge is -2.24. The normalized spacial score (nSPS) is 11.7. The molecule has 6 rings (SSSR count). The van der Waals surface area contributed by atoms with Gasteiger partial charge in [0, 0.05) is 52.7 Å². The monoisotopic (exact) mass is 523 g/mol. The predicted molar refractivity (Wildman–Crippen MR) is 150 cm³/mol. The molecule has 194 valence electrons. The molecule has 0 saturated carbocycles. The molecule has 4 aromatic carbocycles. The van der Waals surface area contributed by atoms with Crippen LogP contribution in [0.25, 0.3) is 21.9 Å². The fraction of sp³-hybridized carbons (Fsp3) is 0.0938. The van der Waals surface area contributed by atoms with Gasteiger partial charge in [0.1, 0.15) is 17.0 Å². The average Bonchev–Trinajstić information content (AvgIpc) is 3.30. The number of furan rings is 1. The van der Waals surface area contributed by atoms with Crippen LogP contribution in [0.15, 0.2) is 114 Å². The summed E-state index contributed by atoms with van der Waals surface area (Å²) in [4.78, 5) is 8.67. The van der Waals surface area contributed by atoms with Crippen LogP contribution in [0.5, 0.6) is 0 Å². The van der Waals surface area contributed by atoms with Gasteiger partial charge in [-0.05, 0) is 79.7 Å². The van der Waals surface area contributed by atoms with Crippen molar-refractivity contribution in [1.82, 2.24) is 4.98 Å². The van der Waals surface area contributed by atoms with Gasteiger partial charge in [-0.15, -0.1) is 0 Å². The number of pyridine rings is 1. The first-order valence-corrected chi connectivity index (χ1v) is 12.4. The van der Waals surface area contributed by atoms with Gasteiger partial charge in [-0.25, -0.2) is 4.98 Å². The molecule has 0 aliphatic rings. The first-order chi connectivity index (χ1) is 18.8. The molecule has 7 heteroatoms. The minimum absolute atomic E-state index is 0.643. The molecule has 0 bridgehead atoms. The SMILES string of the molecule is Cc1cccc(N(c2ccccc2)c2ccc3c(c2)oc2cc(N(C)c4ccc(C(F)(F)F)cc4)ccc23)n1. The summed E-state index contributed by atoms with van der Waals surface area (Å²) in [5.74, 6) is 0.803. The van der Waals surface area contributed by atoms with Crippen molar-refractivity contribution in [2.75, 3.05) is 16.8 Å². The van der Waals surface area contributed by atoms with Crippen molar-refractivity contribution in [2.24, 2.45) is 0 Å². The smallest absolute Gasteiger partial charge is 0.416 e. The molecule has 4 nitrogen and oxygen atoms in total. The number of benzene rings is 4. The maximum Gasteiger partial charge on any atom is 0.416 e. The average molecular weight is 524 g/mol. The molecule has 2 heterocycles. The molecule has 0 radical (unpaired) electrons. The number of halogens is 3. The second-order valence-corrected chi connectivity index (χ2v) is 9.37. The first-order valence-electron chi connectivity index (χ1n) is 12.4. The first kappa shape index (κ1) is 24.6. The van der Waals surface area contributed by atoms with Gasteiger partial charge < -0.3 is 9.32 Å². The fourth-order valence-electron chi connectivity index (χ4n) is 4.77. The summed E-state index contributed by atoms with van der Waals surface area (Å²) in [7, 11) is 1.82. The summed E-state index contributed by atoms with van der Waals surface area (Å²) in [5, 5.41) is 1.93. The van der Waals surface area contributed by atoms with E-state index in [2.05, 4.69) is 11.0 Å². The van der Waals surface area contributed by atoms with Crippen LogP contribution in [0.4, 0.5) is 41.7 Å². The summed E-state index contributed by atoms with van der Waals surface area (Å²) in [6.07, 6.45) is -4.37. The molecule has 6 aromatic rings. The Hall–Kier alpha value is -4.78. The molecule has 0 fully saturated rings. The number of anilines is 5. The third kappa shape index (κ3) is 4.68. The fourth-order valence-corrected chi connectivity index (χ4v) is 4.77. The second kappa shape index (κ2) is 9.51. The molecule has 0 aliphatic heterocycles. The number of rotatable bonds is 5. The van der Waals surface area contributed by atoms with Crippen LogP contribution >= 0.6 is 0 Å². The number of nitrogens with zero attached hydrogens (tertiary/aromatic N) is 3. The van der Waals surface area contributed by atoms with Gasteiger partial charge in [0.2, 0.25) is 0 Å². The van der Waals surface area contributed by atoms with Crippen LogP contribution in [-0.4, -0.2) is 12.0 Å². The highest BCUT2D eigenvalue weighted by molar-refractivity contribution is 6.07. The Morgan fingerprint density at radius 3 is 1.90 bits per heavy atom. The van der Waals surface area contributed by atoms with Gasteiger partial charge in [-0.3, -0.25) is 4.90 Å². The number of para-hydroxylation sites is 1. The van der Waals surface area contributed by atoms with Crippen LogP contribution in [0, 0.1) is 6.92 Å². The molecule has 0 spiro atoms. The van der Waals surface area contributed by atoms with Crippen molar-refractivity contribution in [3.05, 3.63) is 120 Å². The molecule has 0 unspecified atom stereocenters. The van der Waals surface area contributed by atoms with Crippen LogP contribution in [0.1, 0.15) is 11.3 Å². The highest BCUT2D eigenvalue weighted by Crippen LogP contribution is 2.39. The van der Waals surface area contributed by atoms with Gasteiger partial charge in [0.05, 0.1) is 11.3 Å². The molecular weight excluding hydrogens is 499 g/mol. The number of fused-ring (bicyclic) bond motifs is 3. The van der Waals surface area contributed by atoms with Crippen molar-refractivity contribution in [3.8, 4) is 0 Å². The Labute approximate surface area is 223 Å². The molecule has 0 amide bonds. The quantitative estimate of drug-likeness (QED) is 0.225. The van der Waals surface area contributed by atoms with E-state index in [0.29, 0.717) is 11.3 Å². The number of alkyl halides is 3. The highest BCUT2D eigenvalue weighted by atomic mass is 19.4. The van der Waals surface area contributed by atoms with Crippen molar-refractivity contribution >= 4 is 50.5 Å². The molecule has 0 aliphatic carbocycles. The zero-order valence-corrected chi connectivity index (χ0v) is 21.3. The third-order valence-electron chi connectivity index (χ3n) is 6.79. The van der Waals surface area contributed by atoms with Gasteiger partial charge in [-0.2, -0.15) is 13.2 Å². The molecule has 0 saturated heterocycles. The maximum atomic E-state index is 13.0. The van der Waals surface area contributed by atoms with E-state index in [1.807, 2.05) is 97.7 Å². The van der Waals surface area contributed by atoms with Gasteiger partial charge in [0.25, 0.3) is 0 Å². The van der Waals surface area contributed by atoms with Crippen molar-refractivity contribution in [3.63, 3.8) is 0 Å². The topological polar surface area (TPSA) is 32.5 Å². The van der Waals surface area contributed by atoms with Crippen LogP contribution < -0.4 is 9.80 Å². The maximum absolute atomic E-state index is 13.0. The van der Waals surface area contributed by atoms with E-state index in [4.69, 9.17) is 9.40 Å². The highest BCUT2D eigenvalue weighted by Gasteiger charge is 2.30. The van der Waals surface area contributed by atoms with Crippen LogP contribution in [0.3, 0.4) is 0 Å². The van der Waals surface area contributed by atoms with E-state index in [9.17, 15) is 13.2 Å². The van der Waals surface area contributed by atoms with E-state index in [1.54, 1.807) is 0 Å². The molecule has 0 N–H and O–H groups in total. The standard InChI is InChI=1S/C32H24F3N3O/c1-21-7-6-10-31(36-21)38(24-8-4-3-5-9-24)26-16-18-28-27-17-15-25(19-29(27)39-30(28)20-26)37(2)23-13-11-22(12-14-23)32(33,34)35/h3-20H,1-2H3. The zero-order chi connectivity index (χ0) is 27.1. The number of hydrogen-bond donors (Lipinski definition) is 0. The van der Waals surface area contributed by atoms with Crippen LogP contribution in [0.2, 0.25) is 0 Å². The van der Waals surface area contributed by atoms with E-state index in [0.717, 1.165) is 57.1 Å².